The summed E-state index contributed by atoms with van der Waals surface area (Å²) in [7, 11) is 0. The second-order valence-electron chi connectivity index (χ2n) is 8.01. The van der Waals surface area contributed by atoms with Gasteiger partial charge in [-0.15, -0.1) is 0 Å². The Morgan fingerprint density at radius 1 is 1.33 bits per heavy atom. The third-order valence-electron chi connectivity index (χ3n) is 5.68. The number of nitrogens with zero attached hydrogens (tertiary/aromatic N) is 2. The van der Waals surface area contributed by atoms with Crippen LogP contribution in [0.15, 0.2) is 24.4 Å². The molecule has 11 heteroatoms. The molecule has 174 valence electrons. The monoisotopic (exact) mass is 462 g/mol. The van der Waals surface area contributed by atoms with Crippen molar-refractivity contribution in [1.29, 1.82) is 0 Å². The van der Waals surface area contributed by atoms with Gasteiger partial charge in [0.15, 0.2) is 22.9 Å². The summed E-state index contributed by atoms with van der Waals surface area (Å²) in [6.45, 7) is 3.25. The number of anilines is 1. The zero-order valence-electron chi connectivity index (χ0n) is 17.7. The number of hydrogen-bond acceptors (Lipinski definition) is 7. The molecule has 1 heterocycles. The SMILES string of the molecule is Cc1ccc(C(O)(C(N)=O)C(F)(F)F)cc1-c1cnc(N)c(C#CC2(O)CCC(C)C2=O)n1. The Hall–Kier alpha value is -3.49. The summed E-state index contributed by atoms with van der Waals surface area (Å²) in [5.74, 6) is 2.16. The standard InChI is InChI=1S/C22H21F3N4O4/c1-11-3-4-13(21(33,19(27)31)22(23,24)25)9-14(11)16-10-28-18(26)15(29-16)6-8-20(32)7-5-12(2)17(20)30/h3-4,9-10,12,32-33H,5,7H2,1-2H3,(H2,26,28)(H2,27,31). The van der Waals surface area contributed by atoms with E-state index in [0.29, 0.717) is 12.0 Å². The molecule has 1 aliphatic rings. The van der Waals surface area contributed by atoms with Crippen LogP contribution < -0.4 is 11.5 Å². The van der Waals surface area contributed by atoms with E-state index in [-0.39, 0.29) is 35.1 Å². The highest BCUT2D eigenvalue weighted by atomic mass is 19.4. The predicted molar refractivity (Wildman–Crippen MR) is 111 cm³/mol. The second-order valence-corrected chi connectivity index (χ2v) is 8.01. The summed E-state index contributed by atoms with van der Waals surface area (Å²) < 4.78 is 40.4. The molecule has 1 amide bonds. The molecule has 1 aromatic carbocycles. The Morgan fingerprint density at radius 3 is 2.55 bits per heavy atom. The van der Waals surface area contributed by atoms with E-state index in [1.807, 2.05) is 0 Å². The zero-order chi connectivity index (χ0) is 24.8. The van der Waals surface area contributed by atoms with E-state index in [1.54, 1.807) is 13.8 Å². The van der Waals surface area contributed by atoms with Crippen molar-refractivity contribution in [1.82, 2.24) is 9.97 Å². The maximum Gasteiger partial charge on any atom is 0.430 e. The summed E-state index contributed by atoms with van der Waals surface area (Å²) in [4.78, 5) is 31.8. The van der Waals surface area contributed by atoms with Gasteiger partial charge in [0.1, 0.15) is 0 Å². The van der Waals surface area contributed by atoms with Crippen LogP contribution in [-0.4, -0.2) is 43.6 Å². The largest absolute Gasteiger partial charge is 0.430 e. The highest BCUT2D eigenvalue weighted by molar-refractivity contribution is 5.94. The fourth-order valence-corrected chi connectivity index (χ4v) is 3.56. The predicted octanol–water partition coefficient (Wildman–Crippen LogP) is 1.35. The molecule has 0 radical (unpaired) electrons. The van der Waals surface area contributed by atoms with Gasteiger partial charge < -0.3 is 21.7 Å². The van der Waals surface area contributed by atoms with E-state index in [9.17, 15) is 33.0 Å². The van der Waals surface area contributed by atoms with Crippen LogP contribution in [0, 0.1) is 24.7 Å². The van der Waals surface area contributed by atoms with Gasteiger partial charge in [0.2, 0.25) is 0 Å². The first-order valence-corrected chi connectivity index (χ1v) is 9.83. The third-order valence-corrected chi connectivity index (χ3v) is 5.68. The topological polar surface area (TPSA) is 152 Å². The number of carbonyl (C=O) groups is 2. The van der Waals surface area contributed by atoms with Crippen LogP contribution in [0.3, 0.4) is 0 Å². The minimum Gasteiger partial charge on any atom is -0.381 e. The van der Waals surface area contributed by atoms with Crippen LogP contribution >= 0.6 is 0 Å². The number of nitrogen functional groups attached to an aromatic ring is 1. The van der Waals surface area contributed by atoms with Crippen molar-refractivity contribution in [3.63, 3.8) is 0 Å². The average Bonchev–Trinajstić information content (AvgIpc) is 3.00. The number of hydrogen-bond donors (Lipinski definition) is 4. The fourth-order valence-electron chi connectivity index (χ4n) is 3.56. The number of aryl methyl sites for hydroxylation is 1. The van der Waals surface area contributed by atoms with Gasteiger partial charge in [0, 0.05) is 17.0 Å². The molecule has 8 nitrogen and oxygen atoms in total. The lowest BCUT2D eigenvalue weighted by Gasteiger charge is -2.28. The van der Waals surface area contributed by atoms with E-state index in [2.05, 4.69) is 21.8 Å². The zero-order valence-corrected chi connectivity index (χ0v) is 17.7. The number of ketones is 1. The summed E-state index contributed by atoms with van der Waals surface area (Å²) in [5.41, 5.74) is 4.61. The highest BCUT2D eigenvalue weighted by Crippen LogP contribution is 2.40. The van der Waals surface area contributed by atoms with Crippen LogP contribution in [0.4, 0.5) is 19.0 Å². The number of nitrogens with two attached hydrogens (primary N) is 2. The summed E-state index contributed by atoms with van der Waals surface area (Å²) in [5, 5.41) is 20.6. The van der Waals surface area contributed by atoms with E-state index in [1.165, 1.54) is 12.3 Å². The number of rotatable bonds is 3. The molecule has 3 rings (SSSR count). The maximum absolute atomic E-state index is 13.5. The molecule has 0 spiro atoms. The van der Waals surface area contributed by atoms with Gasteiger partial charge in [-0.2, -0.15) is 13.2 Å². The molecule has 33 heavy (non-hydrogen) atoms. The number of halogens is 3. The number of benzene rings is 1. The Bertz CT molecular complexity index is 1200. The van der Waals surface area contributed by atoms with Gasteiger partial charge in [0.25, 0.3) is 11.5 Å². The van der Waals surface area contributed by atoms with Crippen molar-refractivity contribution in [2.24, 2.45) is 11.7 Å². The summed E-state index contributed by atoms with van der Waals surface area (Å²) in [6, 6.07) is 3.13. The van der Waals surface area contributed by atoms with Crippen molar-refractivity contribution in [3.05, 3.63) is 41.2 Å². The van der Waals surface area contributed by atoms with Gasteiger partial charge in [-0.05, 0) is 37.3 Å². The lowest BCUT2D eigenvalue weighted by atomic mass is 9.89. The molecule has 0 saturated heterocycles. The number of primary amides is 1. The van der Waals surface area contributed by atoms with Gasteiger partial charge in [-0.3, -0.25) is 9.59 Å². The normalized spacial score (nSPS) is 22.4. The molecule has 3 atom stereocenters. The molecule has 6 N–H and O–H groups in total. The second kappa shape index (κ2) is 8.13. The molecule has 1 aliphatic carbocycles. The van der Waals surface area contributed by atoms with E-state index in [0.717, 1.165) is 12.1 Å². The van der Waals surface area contributed by atoms with Crippen LogP contribution in [0.2, 0.25) is 0 Å². The number of aliphatic hydroxyl groups is 2. The quantitative estimate of drug-likeness (QED) is 0.503. The van der Waals surface area contributed by atoms with Crippen LogP contribution in [0.1, 0.15) is 36.6 Å². The van der Waals surface area contributed by atoms with Crippen molar-refractivity contribution >= 4 is 17.5 Å². The van der Waals surface area contributed by atoms with Gasteiger partial charge in [0.05, 0.1) is 11.9 Å². The first kappa shape index (κ1) is 24.2. The number of carbonyl (C=O) groups excluding carboxylic acids is 2. The minimum absolute atomic E-state index is 0.0416. The molecule has 1 fully saturated rings. The first-order valence-electron chi connectivity index (χ1n) is 9.83. The van der Waals surface area contributed by atoms with Gasteiger partial charge in [-0.25, -0.2) is 9.97 Å². The molecule has 0 aliphatic heterocycles. The molecule has 1 aromatic heterocycles. The molecular weight excluding hydrogens is 441 g/mol. The first-order chi connectivity index (χ1) is 15.2. The summed E-state index contributed by atoms with van der Waals surface area (Å²) >= 11 is 0. The van der Waals surface area contributed by atoms with E-state index < -0.39 is 34.6 Å². The van der Waals surface area contributed by atoms with Crippen molar-refractivity contribution < 1.29 is 33.0 Å². The Balaban J connectivity index is 2.09. The van der Waals surface area contributed by atoms with Crippen molar-refractivity contribution in [2.75, 3.05) is 5.73 Å². The molecular formula is C22H21F3N4O4. The lowest BCUT2D eigenvalue weighted by molar-refractivity contribution is -0.255. The number of amides is 1. The number of Topliss-reactive ketones (excluding diaryl/α,β-unsaturated/α-hetero) is 1. The van der Waals surface area contributed by atoms with Gasteiger partial charge in [-0.1, -0.05) is 25.0 Å². The van der Waals surface area contributed by atoms with Crippen molar-refractivity contribution in [2.45, 2.75) is 44.1 Å². The maximum atomic E-state index is 13.5. The number of aromatic nitrogens is 2. The Labute approximate surface area is 186 Å². The fraction of sp³-hybridized carbons (Fsp3) is 0.364. The summed E-state index contributed by atoms with van der Waals surface area (Å²) in [6.07, 6.45) is -3.56. The van der Waals surface area contributed by atoms with Crippen LogP contribution in [0.25, 0.3) is 11.3 Å². The van der Waals surface area contributed by atoms with Crippen molar-refractivity contribution in [3.8, 4) is 23.1 Å². The molecule has 0 bridgehead atoms. The van der Waals surface area contributed by atoms with E-state index >= 15 is 0 Å². The highest BCUT2D eigenvalue weighted by Gasteiger charge is 2.60. The minimum atomic E-state index is -5.37. The Morgan fingerprint density at radius 2 is 2.00 bits per heavy atom. The smallest absolute Gasteiger partial charge is 0.381 e. The molecule has 1 saturated carbocycles. The number of alkyl halides is 3. The van der Waals surface area contributed by atoms with Crippen LogP contribution in [0.5, 0.6) is 0 Å². The average molecular weight is 462 g/mol. The third kappa shape index (κ3) is 4.15. The van der Waals surface area contributed by atoms with Gasteiger partial charge >= 0.3 is 6.18 Å². The van der Waals surface area contributed by atoms with E-state index in [4.69, 9.17) is 11.5 Å². The molecule has 3 unspecified atom stereocenters. The molecule has 2 aromatic rings. The lowest BCUT2D eigenvalue weighted by Crippen LogP contribution is -2.52. The van der Waals surface area contributed by atoms with Crippen LogP contribution in [-0.2, 0) is 15.2 Å². The Kier molecular flexibility index (Phi) is 5.95.